The van der Waals surface area contributed by atoms with E-state index in [9.17, 15) is 4.79 Å². The van der Waals surface area contributed by atoms with E-state index in [1.165, 1.54) is 6.20 Å². The lowest BCUT2D eigenvalue weighted by molar-refractivity contribution is 0.102. The fourth-order valence-corrected chi connectivity index (χ4v) is 2.60. The molecule has 0 unspecified atom stereocenters. The van der Waals surface area contributed by atoms with E-state index in [0.29, 0.717) is 29.0 Å². The van der Waals surface area contributed by atoms with Gasteiger partial charge in [0.1, 0.15) is 11.4 Å². The molecule has 0 spiro atoms. The van der Waals surface area contributed by atoms with Gasteiger partial charge in [0.2, 0.25) is 5.95 Å². The minimum absolute atomic E-state index is 0.235. The van der Waals surface area contributed by atoms with Crippen LogP contribution >= 0.6 is 11.6 Å². The van der Waals surface area contributed by atoms with Crippen LogP contribution in [0.15, 0.2) is 54.7 Å². The number of carbonyl (C=O) groups excluding carboxylic acids is 1. The fraction of sp³-hybridized carbons (Fsp3) is 0.150. The summed E-state index contributed by atoms with van der Waals surface area (Å²) in [7, 11) is 0. The van der Waals surface area contributed by atoms with Crippen molar-refractivity contribution in [3.63, 3.8) is 0 Å². The van der Waals surface area contributed by atoms with Gasteiger partial charge in [-0.2, -0.15) is 0 Å². The summed E-state index contributed by atoms with van der Waals surface area (Å²) >= 11 is 6.04. The average molecular weight is 383 g/mol. The van der Waals surface area contributed by atoms with Gasteiger partial charge in [0.25, 0.3) is 5.91 Å². The molecule has 0 saturated carbocycles. The lowest BCUT2D eigenvalue weighted by Gasteiger charge is -2.12. The number of para-hydroxylation sites is 2. The zero-order valence-electron chi connectivity index (χ0n) is 15.0. The van der Waals surface area contributed by atoms with E-state index >= 15 is 0 Å². The number of benzene rings is 2. The SMILES string of the molecule is CCOc1ccccc1NC(=O)c1ccnc(Nc2cc(Cl)ccc2C)n1. The third-order valence-electron chi connectivity index (χ3n) is 3.77. The summed E-state index contributed by atoms with van der Waals surface area (Å²) in [5, 5.41) is 6.51. The van der Waals surface area contributed by atoms with Gasteiger partial charge in [0.15, 0.2) is 0 Å². The number of ether oxygens (including phenoxy) is 1. The van der Waals surface area contributed by atoms with Crippen LogP contribution in [0, 0.1) is 6.92 Å². The molecule has 3 aromatic rings. The van der Waals surface area contributed by atoms with Crippen molar-refractivity contribution in [1.29, 1.82) is 0 Å². The number of hydrogen-bond donors (Lipinski definition) is 2. The Bertz CT molecular complexity index is 962. The van der Waals surface area contributed by atoms with Crippen LogP contribution < -0.4 is 15.4 Å². The van der Waals surface area contributed by atoms with Gasteiger partial charge in [-0.3, -0.25) is 4.79 Å². The molecular weight excluding hydrogens is 364 g/mol. The Kier molecular flexibility index (Phi) is 5.88. The lowest BCUT2D eigenvalue weighted by atomic mass is 10.2. The van der Waals surface area contributed by atoms with Crippen LogP contribution in [0.3, 0.4) is 0 Å². The number of amides is 1. The lowest BCUT2D eigenvalue weighted by Crippen LogP contribution is -2.15. The highest BCUT2D eigenvalue weighted by Crippen LogP contribution is 2.25. The summed E-state index contributed by atoms with van der Waals surface area (Å²) in [6, 6.07) is 14.3. The van der Waals surface area contributed by atoms with Crippen molar-refractivity contribution >= 4 is 34.8 Å². The standard InChI is InChI=1S/C20H19ClN4O2/c1-3-27-18-7-5-4-6-15(18)23-19(26)16-10-11-22-20(24-16)25-17-12-14(21)9-8-13(17)2/h4-12H,3H2,1-2H3,(H,23,26)(H,22,24,25). The summed E-state index contributed by atoms with van der Waals surface area (Å²) < 4.78 is 5.53. The van der Waals surface area contributed by atoms with Gasteiger partial charge in [0, 0.05) is 16.9 Å². The number of aromatic nitrogens is 2. The van der Waals surface area contributed by atoms with E-state index in [1.807, 2.05) is 38.1 Å². The number of carbonyl (C=O) groups is 1. The normalized spacial score (nSPS) is 10.3. The number of anilines is 3. The van der Waals surface area contributed by atoms with E-state index in [0.717, 1.165) is 11.3 Å². The Balaban J connectivity index is 1.79. The van der Waals surface area contributed by atoms with E-state index in [4.69, 9.17) is 16.3 Å². The van der Waals surface area contributed by atoms with Crippen LogP contribution in [0.5, 0.6) is 5.75 Å². The molecule has 7 heteroatoms. The van der Waals surface area contributed by atoms with Crippen molar-refractivity contribution in [3.05, 3.63) is 71.0 Å². The van der Waals surface area contributed by atoms with Crippen LogP contribution in [-0.2, 0) is 0 Å². The van der Waals surface area contributed by atoms with Gasteiger partial charge >= 0.3 is 0 Å². The van der Waals surface area contributed by atoms with Crippen molar-refractivity contribution in [2.45, 2.75) is 13.8 Å². The predicted octanol–water partition coefficient (Wildman–Crippen LogP) is 4.83. The largest absolute Gasteiger partial charge is 0.492 e. The second kappa shape index (κ2) is 8.51. The second-order valence-electron chi connectivity index (χ2n) is 5.73. The van der Waals surface area contributed by atoms with Crippen molar-refractivity contribution in [2.75, 3.05) is 17.2 Å². The Morgan fingerprint density at radius 2 is 1.96 bits per heavy atom. The highest BCUT2D eigenvalue weighted by atomic mass is 35.5. The van der Waals surface area contributed by atoms with Crippen LogP contribution in [0.4, 0.5) is 17.3 Å². The molecule has 2 N–H and O–H groups in total. The van der Waals surface area contributed by atoms with Crippen LogP contribution in [0.2, 0.25) is 5.02 Å². The average Bonchev–Trinajstić information content (AvgIpc) is 2.67. The first-order chi connectivity index (χ1) is 13.1. The Labute approximate surface area is 162 Å². The van der Waals surface area contributed by atoms with E-state index in [2.05, 4.69) is 20.6 Å². The third kappa shape index (κ3) is 4.74. The highest BCUT2D eigenvalue weighted by Gasteiger charge is 2.12. The van der Waals surface area contributed by atoms with Crippen molar-refractivity contribution in [1.82, 2.24) is 9.97 Å². The van der Waals surface area contributed by atoms with Crippen molar-refractivity contribution in [3.8, 4) is 5.75 Å². The first-order valence-electron chi connectivity index (χ1n) is 8.46. The number of halogens is 1. The molecule has 1 amide bonds. The summed E-state index contributed by atoms with van der Waals surface area (Å²) in [4.78, 5) is 21.1. The van der Waals surface area contributed by atoms with Gasteiger partial charge in [-0.1, -0.05) is 29.8 Å². The maximum Gasteiger partial charge on any atom is 0.274 e. The Hall–Kier alpha value is -3.12. The van der Waals surface area contributed by atoms with Gasteiger partial charge in [-0.05, 0) is 49.7 Å². The molecule has 0 atom stereocenters. The molecule has 0 aliphatic rings. The van der Waals surface area contributed by atoms with Crippen LogP contribution in [-0.4, -0.2) is 22.5 Å². The van der Waals surface area contributed by atoms with Crippen molar-refractivity contribution in [2.24, 2.45) is 0 Å². The number of aryl methyl sites for hydroxylation is 1. The maximum absolute atomic E-state index is 12.6. The number of rotatable bonds is 6. The molecule has 1 heterocycles. The zero-order chi connectivity index (χ0) is 19.2. The zero-order valence-corrected chi connectivity index (χ0v) is 15.7. The molecule has 1 aromatic heterocycles. The predicted molar refractivity (Wildman–Crippen MR) is 107 cm³/mol. The van der Waals surface area contributed by atoms with Crippen molar-refractivity contribution < 1.29 is 9.53 Å². The summed E-state index contributed by atoms with van der Waals surface area (Å²) in [5.74, 6) is 0.567. The molecule has 0 aliphatic heterocycles. The first kappa shape index (κ1) is 18.7. The second-order valence-corrected chi connectivity index (χ2v) is 6.17. The topological polar surface area (TPSA) is 76.1 Å². The molecule has 0 radical (unpaired) electrons. The quantitative estimate of drug-likeness (QED) is 0.638. The highest BCUT2D eigenvalue weighted by molar-refractivity contribution is 6.30. The fourth-order valence-electron chi connectivity index (χ4n) is 2.43. The Morgan fingerprint density at radius 3 is 2.78 bits per heavy atom. The monoisotopic (exact) mass is 382 g/mol. The molecule has 3 rings (SSSR count). The van der Waals surface area contributed by atoms with Gasteiger partial charge < -0.3 is 15.4 Å². The number of nitrogens with zero attached hydrogens (tertiary/aromatic N) is 2. The molecular formula is C20H19ClN4O2. The number of nitrogens with one attached hydrogen (secondary N) is 2. The summed E-state index contributed by atoms with van der Waals surface area (Å²) in [6.45, 7) is 4.34. The van der Waals surface area contributed by atoms with Crippen LogP contribution in [0.25, 0.3) is 0 Å². The van der Waals surface area contributed by atoms with E-state index in [-0.39, 0.29) is 11.6 Å². The third-order valence-corrected chi connectivity index (χ3v) is 4.00. The van der Waals surface area contributed by atoms with Crippen LogP contribution in [0.1, 0.15) is 23.0 Å². The minimum atomic E-state index is -0.351. The smallest absolute Gasteiger partial charge is 0.274 e. The molecule has 0 fully saturated rings. The first-order valence-corrected chi connectivity index (χ1v) is 8.84. The maximum atomic E-state index is 12.6. The van der Waals surface area contributed by atoms with E-state index < -0.39 is 0 Å². The minimum Gasteiger partial charge on any atom is -0.492 e. The summed E-state index contributed by atoms with van der Waals surface area (Å²) in [5.41, 5.74) is 2.59. The van der Waals surface area contributed by atoms with Gasteiger partial charge in [0.05, 0.1) is 12.3 Å². The molecule has 2 aromatic carbocycles. The molecule has 0 saturated heterocycles. The molecule has 138 valence electrons. The molecule has 27 heavy (non-hydrogen) atoms. The van der Waals surface area contributed by atoms with E-state index in [1.54, 1.807) is 24.3 Å². The van der Waals surface area contributed by atoms with Gasteiger partial charge in [-0.15, -0.1) is 0 Å². The van der Waals surface area contributed by atoms with Gasteiger partial charge in [-0.25, -0.2) is 9.97 Å². The Morgan fingerprint density at radius 1 is 1.15 bits per heavy atom. The number of hydrogen-bond acceptors (Lipinski definition) is 5. The molecule has 0 bridgehead atoms. The molecule has 0 aliphatic carbocycles. The molecule has 6 nitrogen and oxygen atoms in total. The summed E-state index contributed by atoms with van der Waals surface area (Å²) in [6.07, 6.45) is 1.53.